The fourth-order valence-corrected chi connectivity index (χ4v) is 1.47. The molecule has 0 fully saturated rings. The van der Waals surface area contributed by atoms with E-state index in [1.165, 1.54) is 0 Å². The summed E-state index contributed by atoms with van der Waals surface area (Å²) in [5.74, 6) is 2.50. The zero-order valence-electron chi connectivity index (χ0n) is 10.0. The van der Waals surface area contributed by atoms with Crippen LogP contribution in [0.15, 0.2) is 22.7 Å². The summed E-state index contributed by atoms with van der Waals surface area (Å²) in [7, 11) is 0. The summed E-state index contributed by atoms with van der Waals surface area (Å²) in [6, 6.07) is 5.26. The lowest BCUT2D eigenvalue weighted by atomic mass is 10.2. The molecule has 4 heteroatoms. The van der Waals surface area contributed by atoms with E-state index in [1.807, 2.05) is 0 Å². The van der Waals surface area contributed by atoms with Crippen LogP contribution in [0.3, 0.4) is 0 Å². The molecule has 1 aromatic rings. The molecule has 0 radical (unpaired) electrons. The third-order valence-electron chi connectivity index (χ3n) is 1.77. The van der Waals surface area contributed by atoms with E-state index in [0.717, 1.165) is 4.47 Å². The minimum absolute atomic E-state index is 0.507. The molecule has 0 aliphatic heterocycles. The standard InChI is InChI=1S/C13H14BrNO2/c1-5-9-6-7-10(14)11(8-9)15-12(16)17-13(2,3)4/h1,6-8H,2-4H3,(H,15,16). The average Bonchev–Trinajstić information content (AvgIpc) is 2.18. The second-order valence-electron chi connectivity index (χ2n) is 4.47. The average molecular weight is 296 g/mol. The molecular formula is C13H14BrNO2. The van der Waals surface area contributed by atoms with Gasteiger partial charge < -0.3 is 4.74 Å². The Morgan fingerprint density at radius 1 is 1.47 bits per heavy atom. The van der Waals surface area contributed by atoms with Crippen LogP contribution in [0.5, 0.6) is 0 Å². The number of halogens is 1. The first-order valence-corrected chi connectivity index (χ1v) is 5.87. The lowest BCUT2D eigenvalue weighted by Gasteiger charge is -2.20. The summed E-state index contributed by atoms with van der Waals surface area (Å²) in [6.07, 6.45) is 4.79. The monoisotopic (exact) mass is 295 g/mol. The van der Waals surface area contributed by atoms with Gasteiger partial charge in [-0.25, -0.2) is 4.79 Å². The van der Waals surface area contributed by atoms with Gasteiger partial charge in [-0.3, -0.25) is 5.32 Å². The number of carbonyl (C=O) groups excluding carboxylic acids is 1. The Bertz CT molecular complexity index is 469. The first-order chi connectivity index (χ1) is 7.81. The highest BCUT2D eigenvalue weighted by atomic mass is 79.9. The van der Waals surface area contributed by atoms with Gasteiger partial charge >= 0.3 is 6.09 Å². The normalized spacial score (nSPS) is 10.5. The molecule has 1 rings (SSSR count). The molecule has 0 atom stereocenters. The van der Waals surface area contributed by atoms with E-state index < -0.39 is 11.7 Å². The number of carbonyl (C=O) groups is 1. The Labute approximate surface area is 110 Å². The predicted octanol–water partition coefficient (Wildman–Crippen LogP) is 3.78. The van der Waals surface area contributed by atoms with E-state index >= 15 is 0 Å². The zero-order valence-corrected chi connectivity index (χ0v) is 11.6. The van der Waals surface area contributed by atoms with Gasteiger partial charge in [-0.15, -0.1) is 6.42 Å². The first-order valence-electron chi connectivity index (χ1n) is 5.08. The maximum atomic E-state index is 11.6. The summed E-state index contributed by atoms with van der Waals surface area (Å²) < 4.78 is 5.90. The third-order valence-corrected chi connectivity index (χ3v) is 2.46. The first kappa shape index (κ1) is 13.6. The van der Waals surface area contributed by atoms with Gasteiger partial charge in [0.05, 0.1) is 5.69 Å². The topological polar surface area (TPSA) is 38.3 Å². The second-order valence-corrected chi connectivity index (χ2v) is 5.32. The van der Waals surface area contributed by atoms with Gasteiger partial charge in [0, 0.05) is 10.0 Å². The predicted molar refractivity (Wildman–Crippen MR) is 71.9 cm³/mol. The van der Waals surface area contributed by atoms with Gasteiger partial charge in [-0.1, -0.05) is 5.92 Å². The SMILES string of the molecule is C#Cc1ccc(Br)c(NC(=O)OC(C)(C)C)c1. The summed E-state index contributed by atoms with van der Waals surface area (Å²) in [4.78, 5) is 11.6. The number of amides is 1. The number of rotatable bonds is 1. The van der Waals surface area contributed by atoms with Gasteiger partial charge in [0.25, 0.3) is 0 Å². The van der Waals surface area contributed by atoms with Crippen molar-refractivity contribution in [2.45, 2.75) is 26.4 Å². The van der Waals surface area contributed by atoms with Crippen molar-refractivity contribution in [2.75, 3.05) is 5.32 Å². The molecule has 0 saturated carbocycles. The minimum Gasteiger partial charge on any atom is -0.444 e. The van der Waals surface area contributed by atoms with Gasteiger partial charge in [0.1, 0.15) is 5.60 Å². The van der Waals surface area contributed by atoms with Crippen LogP contribution in [-0.4, -0.2) is 11.7 Å². The Morgan fingerprint density at radius 2 is 2.12 bits per heavy atom. The van der Waals surface area contributed by atoms with Crippen molar-refractivity contribution >= 4 is 27.7 Å². The fourth-order valence-electron chi connectivity index (χ4n) is 1.12. The van der Waals surface area contributed by atoms with E-state index in [1.54, 1.807) is 39.0 Å². The van der Waals surface area contributed by atoms with Crippen molar-refractivity contribution in [3.63, 3.8) is 0 Å². The number of nitrogens with one attached hydrogen (secondary N) is 1. The zero-order chi connectivity index (χ0) is 13.1. The Balaban J connectivity index is 2.82. The lowest BCUT2D eigenvalue weighted by Crippen LogP contribution is -2.27. The molecule has 0 bridgehead atoms. The van der Waals surface area contributed by atoms with Crippen molar-refractivity contribution in [1.82, 2.24) is 0 Å². The van der Waals surface area contributed by atoms with Gasteiger partial charge in [0.15, 0.2) is 0 Å². The van der Waals surface area contributed by atoms with Crippen LogP contribution in [0.2, 0.25) is 0 Å². The van der Waals surface area contributed by atoms with Crippen LogP contribution in [0, 0.1) is 12.3 Å². The number of hydrogen-bond donors (Lipinski definition) is 1. The van der Waals surface area contributed by atoms with Crippen LogP contribution in [0.1, 0.15) is 26.3 Å². The van der Waals surface area contributed by atoms with Crippen molar-refractivity contribution in [1.29, 1.82) is 0 Å². The maximum Gasteiger partial charge on any atom is 0.412 e. The molecule has 17 heavy (non-hydrogen) atoms. The largest absolute Gasteiger partial charge is 0.444 e. The van der Waals surface area contributed by atoms with Gasteiger partial charge in [0.2, 0.25) is 0 Å². The minimum atomic E-state index is -0.527. The maximum absolute atomic E-state index is 11.6. The Morgan fingerprint density at radius 3 is 2.65 bits per heavy atom. The Hall–Kier alpha value is -1.47. The second kappa shape index (κ2) is 5.24. The molecule has 1 N–H and O–H groups in total. The molecule has 0 heterocycles. The van der Waals surface area contributed by atoms with Crippen LogP contribution >= 0.6 is 15.9 Å². The summed E-state index contributed by atoms with van der Waals surface area (Å²) in [5, 5.41) is 2.64. The van der Waals surface area contributed by atoms with Gasteiger partial charge in [-0.2, -0.15) is 0 Å². The molecular weight excluding hydrogens is 282 g/mol. The molecule has 0 aromatic heterocycles. The van der Waals surface area contributed by atoms with E-state index in [9.17, 15) is 4.79 Å². The highest BCUT2D eigenvalue weighted by Gasteiger charge is 2.16. The van der Waals surface area contributed by atoms with E-state index in [4.69, 9.17) is 11.2 Å². The molecule has 0 unspecified atom stereocenters. The molecule has 1 aromatic carbocycles. The van der Waals surface area contributed by atoms with E-state index in [2.05, 4.69) is 27.2 Å². The smallest absolute Gasteiger partial charge is 0.412 e. The van der Waals surface area contributed by atoms with E-state index in [-0.39, 0.29) is 0 Å². The van der Waals surface area contributed by atoms with Gasteiger partial charge in [-0.05, 0) is 54.9 Å². The van der Waals surface area contributed by atoms with Crippen molar-refractivity contribution < 1.29 is 9.53 Å². The molecule has 1 amide bonds. The van der Waals surface area contributed by atoms with Crippen LogP contribution in [-0.2, 0) is 4.74 Å². The highest BCUT2D eigenvalue weighted by Crippen LogP contribution is 2.24. The quantitative estimate of drug-likeness (QED) is 0.801. The summed E-state index contributed by atoms with van der Waals surface area (Å²) >= 11 is 3.33. The number of terminal acetylenes is 1. The fraction of sp³-hybridized carbons (Fsp3) is 0.308. The molecule has 0 aliphatic rings. The molecule has 0 aliphatic carbocycles. The van der Waals surface area contributed by atoms with Crippen LogP contribution in [0.25, 0.3) is 0 Å². The van der Waals surface area contributed by atoms with Crippen LogP contribution < -0.4 is 5.32 Å². The number of anilines is 1. The van der Waals surface area contributed by atoms with Crippen molar-refractivity contribution in [3.8, 4) is 12.3 Å². The molecule has 3 nitrogen and oxygen atoms in total. The number of ether oxygens (including phenoxy) is 1. The lowest BCUT2D eigenvalue weighted by molar-refractivity contribution is 0.0636. The summed E-state index contributed by atoms with van der Waals surface area (Å²) in [6.45, 7) is 5.42. The molecule has 0 saturated heterocycles. The Kier molecular flexibility index (Phi) is 4.19. The third kappa shape index (κ3) is 4.49. The molecule has 90 valence electrons. The number of benzene rings is 1. The highest BCUT2D eigenvalue weighted by molar-refractivity contribution is 9.10. The van der Waals surface area contributed by atoms with Crippen molar-refractivity contribution in [3.05, 3.63) is 28.2 Å². The molecule has 0 spiro atoms. The van der Waals surface area contributed by atoms with Crippen molar-refractivity contribution in [2.24, 2.45) is 0 Å². The van der Waals surface area contributed by atoms with E-state index in [0.29, 0.717) is 11.3 Å². The number of hydrogen-bond acceptors (Lipinski definition) is 2. The summed E-state index contributed by atoms with van der Waals surface area (Å²) in [5.41, 5.74) is 0.759. The van der Waals surface area contributed by atoms with Crippen LogP contribution in [0.4, 0.5) is 10.5 Å².